The van der Waals surface area contributed by atoms with E-state index >= 15 is 0 Å². The smallest absolute Gasteiger partial charge is 0.258 e. The molecule has 0 aliphatic rings. The van der Waals surface area contributed by atoms with E-state index in [1.54, 1.807) is 24.3 Å². The van der Waals surface area contributed by atoms with Gasteiger partial charge in [-0.2, -0.15) is 0 Å². The van der Waals surface area contributed by atoms with Gasteiger partial charge in [-0.1, -0.05) is 18.2 Å². The van der Waals surface area contributed by atoms with Crippen LogP contribution >= 0.6 is 0 Å². The molecule has 1 aromatic heterocycles. The molecule has 3 aromatic rings. The number of carbonyl (C=O) groups excluding carboxylic acids is 2. The topological polar surface area (TPSA) is 106 Å². The average Bonchev–Trinajstić information content (AvgIpc) is 3.23. The molecular formula is C20H20N4O4. The molecule has 0 spiro atoms. The zero-order chi connectivity index (χ0) is 19.9. The van der Waals surface area contributed by atoms with Crippen molar-refractivity contribution in [2.45, 2.75) is 13.8 Å². The molecule has 1 heterocycles. The number of hydrogen-bond donors (Lipinski definition) is 2. The minimum absolute atomic E-state index is 0.133. The number of rotatable bonds is 7. The van der Waals surface area contributed by atoms with Gasteiger partial charge in [-0.05, 0) is 49.2 Å². The first kappa shape index (κ1) is 19.1. The summed E-state index contributed by atoms with van der Waals surface area (Å²) in [6.45, 7) is 3.50. The van der Waals surface area contributed by atoms with Gasteiger partial charge in [0.1, 0.15) is 5.75 Å². The molecule has 28 heavy (non-hydrogen) atoms. The van der Waals surface area contributed by atoms with Crippen LogP contribution in [-0.4, -0.2) is 35.2 Å². The van der Waals surface area contributed by atoms with E-state index in [0.29, 0.717) is 11.6 Å². The summed E-state index contributed by atoms with van der Waals surface area (Å²) in [6.07, 6.45) is 1.25. The molecule has 0 unspecified atom stereocenters. The molecule has 2 amide bonds. The third-order valence-electron chi connectivity index (χ3n) is 4.02. The molecule has 0 saturated heterocycles. The third-order valence-corrected chi connectivity index (χ3v) is 4.02. The Morgan fingerprint density at radius 1 is 1.04 bits per heavy atom. The SMILES string of the molecule is Cc1cccc(C)c1NC(=O)CNC(=O)COc1ccc(-c2nnco2)cc1. The highest BCUT2D eigenvalue weighted by Crippen LogP contribution is 2.20. The molecule has 0 fully saturated rings. The van der Waals surface area contributed by atoms with Crippen molar-refractivity contribution in [1.82, 2.24) is 15.5 Å². The van der Waals surface area contributed by atoms with Crippen LogP contribution < -0.4 is 15.4 Å². The summed E-state index contributed by atoms with van der Waals surface area (Å²) in [5, 5.41) is 12.8. The van der Waals surface area contributed by atoms with Gasteiger partial charge in [0.25, 0.3) is 5.91 Å². The second-order valence-corrected chi connectivity index (χ2v) is 6.15. The Hall–Kier alpha value is -3.68. The lowest BCUT2D eigenvalue weighted by atomic mass is 10.1. The molecule has 0 aliphatic carbocycles. The van der Waals surface area contributed by atoms with Crippen molar-refractivity contribution in [1.29, 1.82) is 0 Å². The lowest BCUT2D eigenvalue weighted by molar-refractivity contribution is -0.125. The molecular weight excluding hydrogens is 360 g/mol. The second kappa shape index (κ2) is 8.81. The molecule has 0 bridgehead atoms. The maximum atomic E-state index is 12.1. The van der Waals surface area contributed by atoms with Crippen molar-refractivity contribution in [2.24, 2.45) is 0 Å². The van der Waals surface area contributed by atoms with Gasteiger partial charge in [-0.25, -0.2) is 0 Å². The lowest BCUT2D eigenvalue weighted by Crippen LogP contribution is -2.36. The summed E-state index contributed by atoms with van der Waals surface area (Å²) in [7, 11) is 0. The van der Waals surface area contributed by atoms with E-state index in [0.717, 1.165) is 22.4 Å². The molecule has 8 heteroatoms. The maximum Gasteiger partial charge on any atom is 0.258 e. The molecule has 8 nitrogen and oxygen atoms in total. The molecule has 144 valence electrons. The van der Waals surface area contributed by atoms with Crippen LogP contribution in [0.2, 0.25) is 0 Å². The fourth-order valence-electron chi connectivity index (χ4n) is 2.57. The molecule has 3 rings (SSSR count). The predicted octanol–water partition coefficient (Wildman–Crippen LogP) is 2.49. The highest BCUT2D eigenvalue weighted by atomic mass is 16.5. The van der Waals surface area contributed by atoms with Gasteiger partial charge in [-0.3, -0.25) is 9.59 Å². The summed E-state index contributed by atoms with van der Waals surface area (Å²) in [5.41, 5.74) is 3.44. The number of aryl methyl sites for hydroxylation is 2. The van der Waals surface area contributed by atoms with Gasteiger partial charge in [0.05, 0.1) is 6.54 Å². The highest BCUT2D eigenvalue weighted by Gasteiger charge is 2.10. The first-order valence-electron chi connectivity index (χ1n) is 8.65. The third kappa shape index (κ3) is 4.94. The molecule has 0 saturated carbocycles. The van der Waals surface area contributed by atoms with Gasteiger partial charge in [0.2, 0.25) is 18.2 Å². The Kier molecular flexibility index (Phi) is 6.01. The van der Waals surface area contributed by atoms with Crippen LogP contribution in [0.1, 0.15) is 11.1 Å². The van der Waals surface area contributed by atoms with Crippen LogP contribution in [0.5, 0.6) is 5.75 Å². The quantitative estimate of drug-likeness (QED) is 0.652. The van der Waals surface area contributed by atoms with Crippen molar-refractivity contribution in [3.8, 4) is 17.2 Å². The van der Waals surface area contributed by atoms with Gasteiger partial charge in [0, 0.05) is 11.3 Å². The summed E-state index contributed by atoms with van der Waals surface area (Å²) in [6, 6.07) is 12.6. The minimum atomic E-state index is -0.391. The monoisotopic (exact) mass is 380 g/mol. The molecule has 0 radical (unpaired) electrons. The summed E-state index contributed by atoms with van der Waals surface area (Å²) < 4.78 is 10.5. The molecule has 0 atom stereocenters. The predicted molar refractivity (Wildman–Crippen MR) is 103 cm³/mol. The van der Waals surface area contributed by atoms with Gasteiger partial charge in [-0.15, -0.1) is 10.2 Å². The lowest BCUT2D eigenvalue weighted by Gasteiger charge is -2.12. The zero-order valence-corrected chi connectivity index (χ0v) is 15.6. The van der Waals surface area contributed by atoms with Crippen molar-refractivity contribution in [3.05, 3.63) is 60.0 Å². The van der Waals surface area contributed by atoms with Gasteiger partial charge >= 0.3 is 0 Å². The van der Waals surface area contributed by atoms with Gasteiger partial charge in [0.15, 0.2) is 6.61 Å². The standard InChI is InChI=1S/C20H20N4O4/c1-13-4-3-5-14(2)19(13)23-17(25)10-21-18(26)11-27-16-8-6-15(7-9-16)20-24-22-12-28-20/h3-9,12H,10-11H2,1-2H3,(H,21,26)(H,23,25). The maximum absolute atomic E-state index is 12.1. The second-order valence-electron chi connectivity index (χ2n) is 6.15. The van der Waals surface area contributed by atoms with E-state index in [9.17, 15) is 9.59 Å². The number of benzene rings is 2. The first-order valence-corrected chi connectivity index (χ1v) is 8.65. The minimum Gasteiger partial charge on any atom is -0.484 e. The van der Waals surface area contributed by atoms with E-state index in [1.807, 2.05) is 32.0 Å². The van der Waals surface area contributed by atoms with Crippen LogP contribution in [0.25, 0.3) is 11.5 Å². The van der Waals surface area contributed by atoms with E-state index in [2.05, 4.69) is 20.8 Å². The fraction of sp³-hybridized carbons (Fsp3) is 0.200. The number of amides is 2. The fourth-order valence-corrected chi connectivity index (χ4v) is 2.57. The summed E-state index contributed by atoms with van der Waals surface area (Å²) >= 11 is 0. The number of nitrogens with zero attached hydrogens (tertiary/aromatic N) is 2. The Labute approximate surface area is 161 Å². The number of hydrogen-bond acceptors (Lipinski definition) is 6. The van der Waals surface area contributed by atoms with Crippen molar-refractivity contribution in [2.75, 3.05) is 18.5 Å². The largest absolute Gasteiger partial charge is 0.484 e. The molecule has 0 aliphatic heterocycles. The van der Waals surface area contributed by atoms with Crippen LogP contribution in [0.15, 0.2) is 53.3 Å². The number of para-hydroxylation sites is 1. The average molecular weight is 380 g/mol. The van der Waals surface area contributed by atoms with Gasteiger partial charge < -0.3 is 19.8 Å². The number of carbonyl (C=O) groups is 2. The number of ether oxygens (including phenoxy) is 1. The zero-order valence-electron chi connectivity index (χ0n) is 15.6. The Bertz CT molecular complexity index is 933. The van der Waals surface area contributed by atoms with E-state index < -0.39 is 5.91 Å². The summed E-state index contributed by atoms with van der Waals surface area (Å²) in [4.78, 5) is 24.0. The normalized spacial score (nSPS) is 10.4. The number of anilines is 1. The van der Waals surface area contributed by atoms with Crippen molar-refractivity contribution in [3.63, 3.8) is 0 Å². The van der Waals surface area contributed by atoms with Crippen molar-refractivity contribution >= 4 is 17.5 Å². The van der Waals surface area contributed by atoms with Crippen LogP contribution in [0, 0.1) is 13.8 Å². The van der Waals surface area contributed by atoms with Crippen LogP contribution in [0.3, 0.4) is 0 Å². The van der Waals surface area contributed by atoms with Crippen molar-refractivity contribution < 1.29 is 18.7 Å². The highest BCUT2D eigenvalue weighted by molar-refractivity contribution is 5.95. The van der Waals surface area contributed by atoms with Crippen LogP contribution in [0.4, 0.5) is 5.69 Å². The Balaban J connectivity index is 1.44. The van der Waals surface area contributed by atoms with E-state index in [1.165, 1.54) is 6.39 Å². The first-order chi connectivity index (χ1) is 13.5. The Morgan fingerprint density at radius 2 is 1.75 bits per heavy atom. The Morgan fingerprint density at radius 3 is 2.39 bits per heavy atom. The van der Waals surface area contributed by atoms with Crippen LogP contribution in [-0.2, 0) is 9.59 Å². The van der Waals surface area contributed by atoms with E-state index in [-0.39, 0.29) is 19.1 Å². The molecule has 2 aromatic carbocycles. The number of aromatic nitrogens is 2. The number of nitrogens with one attached hydrogen (secondary N) is 2. The summed E-state index contributed by atoms with van der Waals surface area (Å²) in [5.74, 6) is 0.227. The van der Waals surface area contributed by atoms with E-state index in [4.69, 9.17) is 9.15 Å². The molecule has 2 N–H and O–H groups in total.